The molecule has 1 fully saturated rings. The normalized spacial score (nSPS) is 17.0. The Morgan fingerprint density at radius 1 is 1.24 bits per heavy atom. The van der Waals surface area contributed by atoms with Crippen LogP contribution in [0.4, 0.5) is 0 Å². The summed E-state index contributed by atoms with van der Waals surface area (Å²) >= 11 is 1.33. The van der Waals surface area contributed by atoms with Gasteiger partial charge in [0.25, 0.3) is 0 Å². The van der Waals surface area contributed by atoms with Crippen LogP contribution in [0.1, 0.15) is 45.4 Å². The second-order valence-electron chi connectivity index (χ2n) is 6.35. The van der Waals surface area contributed by atoms with Gasteiger partial charge in [-0.1, -0.05) is 37.4 Å². The lowest BCUT2D eigenvalue weighted by atomic mass is 10.1. The minimum absolute atomic E-state index is 0.0251. The Morgan fingerprint density at radius 3 is 2.60 bits per heavy atom. The largest absolute Gasteiger partial charge is 0.508 e. The van der Waals surface area contributed by atoms with E-state index in [1.54, 1.807) is 28.9 Å². The number of hydrogen-bond donors (Lipinski definition) is 2. The van der Waals surface area contributed by atoms with Crippen molar-refractivity contribution in [3.8, 4) is 11.4 Å². The maximum absolute atomic E-state index is 12.5. The van der Waals surface area contributed by atoms with E-state index in [0.717, 1.165) is 18.5 Å². The molecular formula is C17H23N5O2S. The predicted octanol–water partition coefficient (Wildman–Crippen LogP) is 2.69. The lowest BCUT2D eigenvalue weighted by Gasteiger charge is -2.19. The molecule has 1 atom stereocenters. The highest BCUT2D eigenvalue weighted by molar-refractivity contribution is 8.00. The molecule has 0 radical (unpaired) electrons. The predicted molar refractivity (Wildman–Crippen MR) is 95.8 cm³/mol. The third-order valence-electron chi connectivity index (χ3n) is 4.39. The standard InChI is InChI=1S/C17H23N5O2S/c1-12(16(24)18-13-6-4-2-3-5-7-13)25-17-19-20-21-22(17)14-8-10-15(23)11-9-14/h8-13,23H,2-7H2,1H3,(H,18,24)/t12-/m0/s1. The molecule has 0 bridgehead atoms. The number of thioether (sulfide) groups is 1. The number of aromatic hydroxyl groups is 1. The number of amides is 1. The van der Waals surface area contributed by atoms with Crippen LogP contribution in [-0.4, -0.2) is 42.5 Å². The van der Waals surface area contributed by atoms with Gasteiger partial charge >= 0.3 is 0 Å². The monoisotopic (exact) mass is 361 g/mol. The third-order valence-corrected chi connectivity index (χ3v) is 5.42. The Bertz CT molecular complexity index is 695. The smallest absolute Gasteiger partial charge is 0.233 e. The number of phenolic OH excluding ortho intramolecular Hbond substituents is 1. The molecule has 1 aromatic carbocycles. The molecule has 1 saturated carbocycles. The Kier molecular flexibility index (Phi) is 5.91. The van der Waals surface area contributed by atoms with Crippen molar-refractivity contribution in [1.82, 2.24) is 25.5 Å². The fourth-order valence-electron chi connectivity index (χ4n) is 2.96. The second kappa shape index (κ2) is 8.33. The van der Waals surface area contributed by atoms with Crippen molar-refractivity contribution < 1.29 is 9.90 Å². The van der Waals surface area contributed by atoms with E-state index < -0.39 is 0 Å². The SMILES string of the molecule is C[C@H](Sc1nnnn1-c1ccc(O)cc1)C(=O)NC1CCCCCC1. The summed E-state index contributed by atoms with van der Waals surface area (Å²) in [7, 11) is 0. The van der Waals surface area contributed by atoms with Crippen molar-refractivity contribution in [3.05, 3.63) is 24.3 Å². The van der Waals surface area contributed by atoms with Gasteiger partial charge < -0.3 is 10.4 Å². The summed E-state index contributed by atoms with van der Waals surface area (Å²) < 4.78 is 1.57. The summed E-state index contributed by atoms with van der Waals surface area (Å²) in [6.07, 6.45) is 7.02. The van der Waals surface area contributed by atoms with Crippen molar-refractivity contribution in [2.75, 3.05) is 0 Å². The van der Waals surface area contributed by atoms with Gasteiger partial charge in [0, 0.05) is 6.04 Å². The molecule has 25 heavy (non-hydrogen) atoms. The zero-order chi connectivity index (χ0) is 17.6. The van der Waals surface area contributed by atoms with Crippen LogP contribution in [0, 0.1) is 0 Å². The molecule has 1 aliphatic rings. The fraction of sp³-hybridized carbons (Fsp3) is 0.529. The van der Waals surface area contributed by atoms with Gasteiger partial charge in [0.2, 0.25) is 11.1 Å². The molecule has 2 aromatic rings. The molecule has 1 heterocycles. The zero-order valence-electron chi connectivity index (χ0n) is 14.3. The molecule has 1 amide bonds. The first-order chi connectivity index (χ1) is 12.1. The first-order valence-corrected chi connectivity index (χ1v) is 9.56. The molecule has 7 nitrogen and oxygen atoms in total. The Balaban J connectivity index is 1.63. The van der Waals surface area contributed by atoms with Crippen LogP contribution in [0.5, 0.6) is 5.75 Å². The van der Waals surface area contributed by atoms with Gasteiger partial charge in [-0.2, -0.15) is 4.68 Å². The summed E-state index contributed by atoms with van der Waals surface area (Å²) in [4.78, 5) is 12.5. The number of aromatic nitrogens is 4. The number of nitrogens with zero attached hydrogens (tertiary/aromatic N) is 4. The van der Waals surface area contributed by atoms with E-state index in [1.807, 2.05) is 6.92 Å². The molecule has 134 valence electrons. The van der Waals surface area contributed by atoms with Crippen LogP contribution in [0.25, 0.3) is 5.69 Å². The van der Waals surface area contributed by atoms with E-state index in [2.05, 4.69) is 20.8 Å². The molecule has 0 saturated heterocycles. The number of nitrogens with one attached hydrogen (secondary N) is 1. The number of carbonyl (C=O) groups excluding carboxylic acids is 1. The van der Waals surface area contributed by atoms with Gasteiger partial charge in [0.15, 0.2) is 0 Å². The topological polar surface area (TPSA) is 92.9 Å². The number of tetrazole rings is 1. The van der Waals surface area contributed by atoms with Crippen molar-refractivity contribution in [2.24, 2.45) is 0 Å². The molecule has 2 N–H and O–H groups in total. The van der Waals surface area contributed by atoms with Crippen molar-refractivity contribution in [1.29, 1.82) is 0 Å². The van der Waals surface area contributed by atoms with Gasteiger partial charge in [-0.3, -0.25) is 4.79 Å². The van der Waals surface area contributed by atoms with Crippen LogP contribution in [0.15, 0.2) is 29.4 Å². The minimum atomic E-state index is -0.287. The average Bonchev–Trinajstić information content (AvgIpc) is 2.90. The van der Waals surface area contributed by atoms with Gasteiger partial charge in [-0.15, -0.1) is 5.10 Å². The van der Waals surface area contributed by atoms with E-state index >= 15 is 0 Å². The highest BCUT2D eigenvalue weighted by Crippen LogP contribution is 2.24. The quantitative estimate of drug-likeness (QED) is 0.628. The van der Waals surface area contributed by atoms with Crippen molar-refractivity contribution in [2.45, 2.75) is 61.9 Å². The summed E-state index contributed by atoms with van der Waals surface area (Å²) in [5.74, 6) is 0.208. The maximum atomic E-state index is 12.5. The Labute approximate surface area is 151 Å². The highest BCUT2D eigenvalue weighted by Gasteiger charge is 2.22. The third kappa shape index (κ3) is 4.72. The molecule has 1 aliphatic carbocycles. The number of hydrogen-bond acceptors (Lipinski definition) is 6. The lowest BCUT2D eigenvalue weighted by Crippen LogP contribution is -2.39. The summed E-state index contributed by atoms with van der Waals surface area (Å²) in [6, 6.07) is 6.89. The molecular weight excluding hydrogens is 338 g/mol. The molecule has 0 aliphatic heterocycles. The number of rotatable bonds is 5. The van der Waals surface area contributed by atoms with E-state index in [0.29, 0.717) is 5.16 Å². The zero-order valence-corrected chi connectivity index (χ0v) is 15.1. The molecule has 0 spiro atoms. The summed E-state index contributed by atoms with van der Waals surface area (Å²) in [5, 5.41) is 24.5. The minimum Gasteiger partial charge on any atom is -0.508 e. The van der Waals surface area contributed by atoms with Crippen LogP contribution in [0.2, 0.25) is 0 Å². The van der Waals surface area contributed by atoms with E-state index in [9.17, 15) is 9.90 Å². The average molecular weight is 361 g/mol. The van der Waals surface area contributed by atoms with E-state index in [1.165, 1.54) is 37.4 Å². The van der Waals surface area contributed by atoms with Gasteiger partial charge in [0.1, 0.15) is 5.75 Å². The molecule has 8 heteroatoms. The van der Waals surface area contributed by atoms with Gasteiger partial charge in [-0.25, -0.2) is 0 Å². The highest BCUT2D eigenvalue weighted by atomic mass is 32.2. The summed E-state index contributed by atoms with van der Waals surface area (Å²) in [5.41, 5.74) is 0.738. The van der Waals surface area contributed by atoms with Crippen LogP contribution >= 0.6 is 11.8 Å². The van der Waals surface area contributed by atoms with Crippen LogP contribution in [0.3, 0.4) is 0 Å². The lowest BCUT2D eigenvalue weighted by molar-refractivity contribution is -0.121. The number of carbonyl (C=O) groups is 1. The second-order valence-corrected chi connectivity index (χ2v) is 7.65. The Hall–Kier alpha value is -2.09. The fourth-order valence-corrected chi connectivity index (χ4v) is 3.78. The van der Waals surface area contributed by atoms with E-state index in [4.69, 9.17) is 0 Å². The van der Waals surface area contributed by atoms with Crippen molar-refractivity contribution in [3.63, 3.8) is 0 Å². The maximum Gasteiger partial charge on any atom is 0.233 e. The number of phenols is 1. The summed E-state index contributed by atoms with van der Waals surface area (Å²) in [6.45, 7) is 1.87. The molecule has 1 aromatic heterocycles. The van der Waals surface area contributed by atoms with Crippen LogP contribution < -0.4 is 5.32 Å². The van der Waals surface area contributed by atoms with Crippen molar-refractivity contribution >= 4 is 17.7 Å². The first-order valence-electron chi connectivity index (χ1n) is 8.68. The van der Waals surface area contributed by atoms with Crippen LogP contribution in [-0.2, 0) is 4.79 Å². The number of benzene rings is 1. The van der Waals surface area contributed by atoms with Gasteiger partial charge in [-0.05, 0) is 54.5 Å². The van der Waals surface area contributed by atoms with E-state index in [-0.39, 0.29) is 22.9 Å². The van der Waals surface area contributed by atoms with Gasteiger partial charge in [0.05, 0.1) is 10.9 Å². The molecule has 3 rings (SSSR count). The first kappa shape index (κ1) is 17.7. The molecule has 0 unspecified atom stereocenters. The Morgan fingerprint density at radius 2 is 1.92 bits per heavy atom.